The summed E-state index contributed by atoms with van der Waals surface area (Å²) in [6.07, 6.45) is 0. The van der Waals surface area contributed by atoms with E-state index in [9.17, 15) is 19.7 Å². The van der Waals surface area contributed by atoms with Crippen LogP contribution in [0.25, 0.3) is 11.3 Å². The van der Waals surface area contributed by atoms with E-state index in [-0.39, 0.29) is 28.5 Å². The maximum absolute atomic E-state index is 12.0. The lowest BCUT2D eigenvalue weighted by Gasteiger charge is -2.04. The van der Waals surface area contributed by atoms with Crippen LogP contribution in [0.1, 0.15) is 20.9 Å². The number of rotatable bonds is 5. The molecule has 0 saturated heterocycles. The third-order valence-corrected chi connectivity index (χ3v) is 3.26. The lowest BCUT2D eigenvalue weighted by atomic mass is 10.1. The number of nitro benzene ring substituents is 1. The molecule has 24 heavy (non-hydrogen) atoms. The summed E-state index contributed by atoms with van der Waals surface area (Å²) in [5, 5.41) is 13.5. The van der Waals surface area contributed by atoms with E-state index in [2.05, 4.69) is 14.8 Å². The molecular weight excluding hydrogens is 320 g/mol. The van der Waals surface area contributed by atoms with Gasteiger partial charge >= 0.3 is 11.9 Å². The van der Waals surface area contributed by atoms with Crippen LogP contribution in [0.15, 0.2) is 28.7 Å². The minimum absolute atomic E-state index is 0.0994. The number of anilines is 1. The summed E-state index contributed by atoms with van der Waals surface area (Å²) in [6, 6.07) is 5.46. The molecule has 9 nitrogen and oxygen atoms in total. The molecule has 2 aromatic rings. The summed E-state index contributed by atoms with van der Waals surface area (Å²) in [5.41, 5.74) is 0.444. The number of furan rings is 1. The smallest absolute Gasteiger partial charge is 0.374 e. The number of benzene rings is 1. The van der Waals surface area contributed by atoms with Gasteiger partial charge in [-0.15, -0.1) is 0 Å². The van der Waals surface area contributed by atoms with E-state index < -0.39 is 16.9 Å². The number of nitrogens with one attached hydrogen (secondary N) is 1. The first-order valence-corrected chi connectivity index (χ1v) is 6.70. The molecule has 0 amide bonds. The van der Waals surface area contributed by atoms with Gasteiger partial charge in [-0.25, -0.2) is 9.59 Å². The lowest BCUT2D eigenvalue weighted by Crippen LogP contribution is -2.11. The highest BCUT2D eigenvalue weighted by Gasteiger charge is 2.31. The average Bonchev–Trinajstić information content (AvgIpc) is 2.99. The van der Waals surface area contributed by atoms with Gasteiger partial charge in [-0.3, -0.25) is 10.1 Å². The van der Waals surface area contributed by atoms with E-state index in [1.165, 1.54) is 38.4 Å². The summed E-state index contributed by atoms with van der Waals surface area (Å²) in [6.45, 7) is 0. The van der Waals surface area contributed by atoms with Crippen molar-refractivity contribution < 1.29 is 28.4 Å². The molecule has 0 unspecified atom stereocenters. The number of esters is 2. The number of carbonyl (C=O) groups excluding carboxylic acids is 2. The van der Waals surface area contributed by atoms with Crippen molar-refractivity contribution in [2.24, 2.45) is 0 Å². The second-order valence-electron chi connectivity index (χ2n) is 4.55. The zero-order valence-corrected chi connectivity index (χ0v) is 13.1. The van der Waals surface area contributed by atoms with Gasteiger partial charge in [0.25, 0.3) is 5.69 Å². The van der Waals surface area contributed by atoms with Crippen LogP contribution in [0.3, 0.4) is 0 Å². The summed E-state index contributed by atoms with van der Waals surface area (Å²) in [5.74, 6) is -1.79. The molecular formula is C15H14N2O7. The summed E-state index contributed by atoms with van der Waals surface area (Å²) < 4.78 is 14.8. The Bertz CT molecular complexity index is 793. The first-order valence-electron chi connectivity index (χ1n) is 6.70. The van der Waals surface area contributed by atoms with E-state index in [0.717, 1.165) is 7.11 Å². The van der Waals surface area contributed by atoms with Gasteiger partial charge in [0.1, 0.15) is 5.56 Å². The molecule has 0 aliphatic heterocycles. The number of ether oxygens (including phenoxy) is 2. The van der Waals surface area contributed by atoms with Gasteiger partial charge < -0.3 is 19.2 Å². The highest BCUT2D eigenvalue weighted by molar-refractivity contribution is 6.08. The van der Waals surface area contributed by atoms with Gasteiger partial charge in [0.15, 0.2) is 5.76 Å². The molecule has 1 aromatic carbocycles. The fourth-order valence-electron chi connectivity index (χ4n) is 2.14. The second kappa shape index (κ2) is 6.82. The molecule has 9 heteroatoms. The van der Waals surface area contributed by atoms with E-state index in [4.69, 9.17) is 4.42 Å². The number of hydrogen-bond acceptors (Lipinski definition) is 8. The molecule has 126 valence electrons. The van der Waals surface area contributed by atoms with Crippen molar-refractivity contribution in [1.82, 2.24) is 0 Å². The highest BCUT2D eigenvalue weighted by atomic mass is 16.6. The molecule has 1 aromatic heterocycles. The molecule has 1 heterocycles. The largest absolute Gasteiger partial charge is 0.465 e. The van der Waals surface area contributed by atoms with Crippen LogP contribution in [0, 0.1) is 10.1 Å². The Morgan fingerprint density at radius 1 is 1.12 bits per heavy atom. The molecule has 0 bridgehead atoms. The van der Waals surface area contributed by atoms with Crippen molar-refractivity contribution in [1.29, 1.82) is 0 Å². The first kappa shape index (κ1) is 17.0. The Balaban J connectivity index is 2.65. The zero-order valence-electron chi connectivity index (χ0n) is 13.1. The topological polar surface area (TPSA) is 121 Å². The fourth-order valence-corrected chi connectivity index (χ4v) is 2.14. The maximum atomic E-state index is 12.0. The van der Waals surface area contributed by atoms with Crippen LogP contribution < -0.4 is 5.32 Å². The molecule has 0 fully saturated rings. The SMILES string of the molecule is CNc1c(-c2ccc([N+](=O)[O-])cc2)oc(C(=O)OC)c1C(=O)OC. The number of carbonyl (C=O) groups is 2. The molecule has 0 radical (unpaired) electrons. The maximum Gasteiger partial charge on any atom is 0.374 e. The second-order valence-corrected chi connectivity index (χ2v) is 4.55. The zero-order chi connectivity index (χ0) is 17.9. The monoisotopic (exact) mass is 334 g/mol. The number of methoxy groups -OCH3 is 2. The number of hydrogen-bond donors (Lipinski definition) is 1. The number of non-ortho nitro benzene ring substituents is 1. The third kappa shape index (κ3) is 2.91. The fraction of sp³-hybridized carbons (Fsp3) is 0.200. The standard InChI is InChI=1S/C15H14N2O7/c1-16-11-10(14(18)22-2)13(15(19)23-3)24-12(11)8-4-6-9(7-5-8)17(20)21/h4-7,16H,1-3H3. The van der Waals surface area contributed by atoms with Crippen molar-refractivity contribution >= 4 is 23.3 Å². The van der Waals surface area contributed by atoms with Crippen molar-refractivity contribution in [2.75, 3.05) is 26.6 Å². The van der Waals surface area contributed by atoms with Crippen molar-refractivity contribution in [2.45, 2.75) is 0 Å². The molecule has 0 saturated carbocycles. The minimum Gasteiger partial charge on any atom is -0.465 e. The average molecular weight is 334 g/mol. The Kier molecular flexibility index (Phi) is 4.83. The quantitative estimate of drug-likeness (QED) is 0.503. The molecule has 2 rings (SSSR count). The van der Waals surface area contributed by atoms with Gasteiger partial charge in [-0.05, 0) is 12.1 Å². The van der Waals surface area contributed by atoms with Crippen LogP contribution in [-0.2, 0) is 9.47 Å². The Morgan fingerprint density at radius 2 is 1.71 bits per heavy atom. The van der Waals surface area contributed by atoms with Crippen LogP contribution in [0.5, 0.6) is 0 Å². The first-order chi connectivity index (χ1) is 11.4. The number of nitro groups is 1. The van der Waals surface area contributed by atoms with E-state index in [1.807, 2.05) is 0 Å². The van der Waals surface area contributed by atoms with Gasteiger partial charge in [0.2, 0.25) is 5.76 Å². The van der Waals surface area contributed by atoms with Crippen molar-refractivity contribution in [3.63, 3.8) is 0 Å². The van der Waals surface area contributed by atoms with E-state index in [1.54, 1.807) is 0 Å². The highest BCUT2D eigenvalue weighted by Crippen LogP contribution is 2.37. The molecule has 0 spiro atoms. The number of nitrogens with zero attached hydrogens (tertiary/aromatic N) is 1. The Morgan fingerprint density at radius 3 is 2.17 bits per heavy atom. The normalized spacial score (nSPS) is 10.1. The van der Waals surface area contributed by atoms with Crippen LogP contribution in [0.2, 0.25) is 0 Å². The predicted molar refractivity (Wildman–Crippen MR) is 83.0 cm³/mol. The molecule has 0 aliphatic rings. The van der Waals surface area contributed by atoms with Crippen LogP contribution in [-0.4, -0.2) is 38.1 Å². The van der Waals surface area contributed by atoms with Gasteiger partial charge in [0, 0.05) is 24.7 Å². The van der Waals surface area contributed by atoms with E-state index >= 15 is 0 Å². The van der Waals surface area contributed by atoms with Gasteiger partial charge in [0.05, 0.1) is 24.8 Å². The van der Waals surface area contributed by atoms with Crippen LogP contribution in [0.4, 0.5) is 11.4 Å². The summed E-state index contributed by atoms with van der Waals surface area (Å²) in [7, 11) is 3.85. The Hall–Kier alpha value is -3.36. The molecule has 0 aliphatic carbocycles. The van der Waals surface area contributed by atoms with Gasteiger partial charge in [-0.1, -0.05) is 0 Å². The third-order valence-electron chi connectivity index (χ3n) is 3.26. The molecule has 1 N–H and O–H groups in total. The summed E-state index contributed by atoms with van der Waals surface area (Å²) >= 11 is 0. The predicted octanol–water partition coefficient (Wildman–Crippen LogP) is 2.47. The minimum atomic E-state index is -0.847. The van der Waals surface area contributed by atoms with Crippen molar-refractivity contribution in [3.8, 4) is 11.3 Å². The van der Waals surface area contributed by atoms with Crippen molar-refractivity contribution in [3.05, 3.63) is 45.7 Å². The lowest BCUT2D eigenvalue weighted by molar-refractivity contribution is -0.384. The van der Waals surface area contributed by atoms with Gasteiger partial charge in [-0.2, -0.15) is 0 Å². The Labute approximate surface area is 136 Å². The molecule has 0 atom stereocenters. The van der Waals surface area contributed by atoms with Crippen LogP contribution >= 0.6 is 0 Å². The summed E-state index contributed by atoms with van der Waals surface area (Å²) in [4.78, 5) is 34.1. The van der Waals surface area contributed by atoms with E-state index in [0.29, 0.717) is 5.56 Å².